The number of benzene rings is 1. The fraction of sp³-hybridized carbons (Fsp3) is 0.412. The average molecular weight is 291 g/mol. The van der Waals surface area contributed by atoms with Crippen LogP contribution in [-0.2, 0) is 6.54 Å². The summed E-state index contributed by atoms with van der Waals surface area (Å²) in [6.45, 7) is 3.54. The van der Waals surface area contributed by atoms with E-state index in [2.05, 4.69) is 11.0 Å². The zero-order chi connectivity index (χ0) is 14.9. The van der Waals surface area contributed by atoms with Gasteiger partial charge in [0.25, 0.3) is 5.92 Å². The van der Waals surface area contributed by atoms with Gasteiger partial charge in [0.1, 0.15) is 11.5 Å². The minimum Gasteiger partial charge on any atom is -0.461 e. The SMILES string of the molecule is Cc1ccc(-c2cccc(CN3CCC(F)(F)CC3)c2)o1. The van der Waals surface area contributed by atoms with E-state index in [0.29, 0.717) is 19.6 Å². The fourth-order valence-electron chi connectivity index (χ4n) is 2.71. The van der Waals surface area contributed by atoms with Crippen molar-refractivity contribution < 1.29 is 13.2 Å². The van der Waals surface area contributed by atoms with Gasteiger partial charge in [-0.2, -0.15) is 0 Å². The second-order valence-electron chi connectivity index (χ2n) is 5.74. The van der Waals surface area contributed by atoms with Gasteiger partial charge in [0.2, 0.25) is 0 Å². The number of likely N-dealkylation sites (tertiary alicyclic amines) is 1. The van der Waals surface area contributed by atoms with Crippen molar-refractivity contribution in [3.63, 3.8) is 0 Å². The summed E-state index contributed by atoms with van der Waals surface area (Å²) in [6, 6.07) is 12.0. The first-order chi connectivity index (χ1) is 10.0. The highest BCUT2D eigenvalue weighted by Gasteiger charge is 2.33. The summed E-state index contributed by atoms with van der Waals surface area (Å²) < 4.78 is 32.0. The van der Waals surface area contributed by atoms with E-state index >= 15 is 0 Å². The first-order valence-corrected chi connectivity index (χ1v) is 7.28. The summed E-state index contributed by atoms with van der Waals surface area (Å²) in [6.07, 6.45) is -0.0753. The van der Waals surface area contributed by atoms with Crippen molar-refractivity contribution in [3.05, 3.63) is 47.7 Å². The van der Waals surface area contributed by atoms with E-state index in [-0.39, 0.29) is 12.8 Å². The van der Waals surface area contributed by atoms with Gasteiger partial charge in [-0.3, -0.25) is 4.90 Å². The van der Waals surface area contributed by atoms with Gasteiger partial charge in [0, 0.05) is 38.0 Å². The smallest absolute Gasteiger partial charge is 0.250 e. The molecule has 2 nitrogen and oxygen atoms in total. The average Bonchev–Trinajstić information content (AvgIpc) is 2.88. The number of aryl methyl sites for hydroxylation is 1. The summed E-state index contributed by atoms with van der Waals surface area (Å²) in [7, 11) is 0. The number of rotatable bonds is 3. The lowest BCUT2D eigenvalue weighted by Gasteiger charge is -2.31. The van der Waals surface area contributed by atoms with Crippen molar-refractivity contribution in [1.29, 1.82) is 0 Å². The molecule has 112 valence electrons. The van der Waals surface area contributed by atoms with E-state index < -0.39 is 5.92 Å². The number of halogens is 2. The van der Waals surface area contributed by atoms with Crippen LogP contribution in [0.2, 0.25) is 0 Å². The Morgan fingerprint density at radius 3 is 2.57 bits per heavy atom. The van der Waals surface area contributed by atoms with Gasteiger partial charge < -0.3 is 4.42 Å². The van der Waals surface area contributed by atoms with E-state index in [1.54, 1.807) is 0 Å². The molecule has 1 fully saturated rings. The van der Waals surface area contributed by atoms with Gasteiger partial charge in [0.05, 0.1) is 0 Å². The van der Waals surface area contributed by atoms with Crippen LogP contribution in [0.25, 0.3) is 11.3 Å². The van der Waals surface area contributed by atoms with Gasteiger partial charge in [0.15, 0.2) is 0 Å². The summed E-state index contributed by atoms with van der Waals surface area (Å²) in [5.74, 6) is -0.752. The van der Waals surface area contributed by atoms with Crippen molar-refractivity contribution in [2.24, 2.45) is 0 Å². The summed E-state index contributed by atoms with van der Waals surface area (Å²) in [5, 5.41) is 0. The molecule has 2 aromatic rings. The largest absolute Gasteiger partial charge is 0.461 e. The Labute approximate surface area is 123 Å². The molecule has 2 heterocycles. The molecule has 1 aliphatic rings. The number of alkyl halides is 2. The maximum absolute atomic E-state index is 13.2. The quantitative estimate of drug-likeness (QED) is 0.828. The van der Waals surface area contributed by atoms with E-state index in [1.807, 2.05) is 37.3 Å². The van der Waals surface area contributed by atoms with E-state index in [4.69, 9.17) is 4.42 Å². The van der Waals surface area contributed by atoms with Gasteiger partial charge in [-0.25, -0.2) is 8.78 Å². The zero-order valence-electron chi connectivity index (χ0n) is 12.1. The molecular formula is C17H19F2NO. The maximum atomic E-state index is 13.2. The molecule has 0 atom stereocenters. The van der Waals surface area contributed by atoms with E-state index in [9.17, 15) is 8.78 Å². The molecule has 3 rings (SSSR count). The molecule has 4 heteroatoms. The molecule has 0 spiro atoms. The van der Waals surface area contributed by atoms with Crippen molar-refractivity contribution >= 4 is 0 Å². The molecule has 1 aromatic carbocycles. The van der Waals surface area contributed by atoms with Crippen molar-refractivity contribution in [2.75, 3.05) is 13.1 Å². The number of piperidine rings is 1. The molecular weight excluding hydrogens is 272 g/mol. The fourth-order valence-corrected chi connectivity index (χ4v) is 2.71. The first kappa shape index (κ1) is 14.3. The molecule has 0 bridgehead atoms. The molecule has 1 aliphatic heterocycles. The van der Waals surface area contributed by atoms with E-state index in [1.165, 1.54) is 0 Å². The van der Waals surface area contributed by atoms with Crippen LogP contribution in [0, 0.1) is 6.92 Å². The first-order valence-electron chi connectivity index (χ1n) is 7.28. The van der Waals surface area contributed by atoms with Gasteiger partial charge in [-0.05, 0) is 30.7 Å². The lowest BCUT2D eigenvalue weighted by Crippen LogP contribution is -2.38. The summed E-state index contributed by atoms with van der Waals surface area (Å²) in [4.78, 5) is 2.09. The van der Waals surface area contributed by atoms with Crippen LogP contribution in [0.3, 0.4) is 0 Å². The maximum Gasteiger partial charge on any atom is 0.250 e. The monoisotopic (exact) mass is 291 g/mol. The summed E-state index contributed by atoms with van der Waals surface area (Å²) >= 11 is 0. The highest BCUT2D eigenvalue weighted by Crippen LogP contribution is 2.29. The third kappa shape index (κ3) is 3.50. The molecule has 1 saturated heterocycles. The van der Waals surface area contributed by atoms with Crippen molar-refractivity contribution in [1.82, 2.24) is 4.90 Å². The number of furan rings is 1. The lowest BCUT2D eigenvalue weighted by atomic mass is 10.0. The minimum absolute atomic E-state index is 0.0376. The molecule has 0 aliphatic carbocycles. The highest BCUT2D eigenvalue weighted by atomic mass is 19.3. The van der Waals surface area contributed by atoms with Crippen molar-refractivity contribution in [3.8, 4) is 11.3 Å². The molecule has 21 heavy (non-hydrogen) atoms. The number of hydrogen-bond acceptors (Lipinski definition) is 2. The van der Waals surface area contributed by atoms with Crippen LogP contribution in [0.15, 0.2) is 40.8 Å². The Balaban J connectivity index is 1.69. The molecule has 1 aromatic heterocycles. The topological polar surface area (TPSA) is 16.4 Å². The molecule has 0 amide bonds. The Morgan fingerprint density at radius 2 is 1.90 bits per heavy atom. The van der Waals surface area contributed by atoms with Crippen LogP contribution < -0.4 is 0 Å². The van der Waals surface area contributed by atoms with Gasteiger partial charge in [-0.1, -0.05) is 18.2 Å². The highest BCUT2D eigenvalue weighted by molar-refractivity contribution is 5.58. The predicted octanol–water partition coefficient (Wildman–Crippen LogP) is 4.49. The molecule has 0 N–H and O–H groups in total. The molecule has 0 saturated carbocycles. The van der Waals surface area contributed by atoms with Crippen LogP contribution in [-0.4, -0.2) is 23.9 Å². The second kappa shape index (κ2) is 5.60. The number of hydrogen-bond donors (Lipinski definition) is 0. The Hall–Kier alpha value is -1.68. The third-order valence-electron chi connectivity index (χ3n) is 3.95. The van der Waals surface area contributed by atoms with Gasteiger partial charge >= 0.3 is 0 Å². The normalized spacial score (nSPS) is 18.8. The third-order valence-corrected chi connectivity index (χ3v) is 3.95. The van der Waals surface area contributed by atoms with Gasteiger partial charge in [-0.15, -0.1) is 0 Å². The minimum atomic E-state index is -2.48. The van der Waals surface area contributed by atoms with Crippen LogP contribution in [0.4, 0.5) is 8.78 Å². The summed E-state index contributed by atoms with van der Waals surface area (Å²) in [5.41, 5.74) is 2.16. The molecule has 0 radical (unpaired) electrons. The van der Waals surface area contributed by atoms with Crippen LogP contribution >= 0.6 is 0 Å². The Kier molecular flexibility index (Phi) is 3.81. The Morgan fingerprint density at radius 1 is 1.14 bits per heavy atom. The zero-order valence-corrected chi connectivity index (χ0v) is 12.1. The van der Waals surface area contributed by atoms with E-state index in [0.717, 1.165) is 22.6 Å². The van der Waals surface area contributed by atoms with Crippen LogP contribution in [0.1, 0.15) is 24.2 Å². The van der Waals surface area contributed by atoms with Crippen LogP contribution in [0.5, 0.6) is 0 Å². The van der Waals surface area contributed by atoms with Crippen molar-refractivity contribution in [2.45, 2.75) is 32.2 Å². The predicted molar refractivity (Wildman–Crippen MR) is 78.3 cm³/mol. The number of nitrogens with zero attached hydrogens (tertiary/aromatic N) is 1. The Bertz CT molecular complexity index is 611. The second-order valence-corrected chi connectivity index (χ2v) is 5.74. The lowest BCUT2D eigenvalue weighted by molar-refractivity contribution is -0.0566. The standard InChI is InChI=1S/C17H19F2NO/c1-13-5-6-16(21-13)15-4-2-3-14(11-15)12-20-9-7-17(18,19)8-10-20/h2-6,11H,7-10,12H2,1H3. The molecule has 0 unspecified atom stereocenters.